The minimum Gasteiger partial charge on any atom is -0.392 e. The molecule has 16 heavy (non-hydrogen) atoms. The highest BCUT2D eigenvalue weighted by atomic mass is 16.3. The molecule has 84 valence electrons. The van der Waals surface area contributed by atoms with E-state index in [0.29, 0.717) is 6.04 Å². The van der Waals surface area contributed by atoms with Crippen molar-refractivity contribution in [1.29, 1.82) is 0 Å². The SMILES string of the molecule is C=C=CC1CCCN1c1ccc(CO)cc1. The lowest BCUT2D eigenvalue weighted by Crippen LogP contribution is -2.27. The van der Waals surface area contributed by atoms with E-state index in [1.807, 2.05) is 18.2 Å². The lowest BCUT2D eigenvalue weighted by molar-refractivity contribution is 0.282. The van der Waals surface area contributed by atoms with Crippen LogP contribution in [0.5, 0.6) is 0 Å². The number of rotatable bonds is 3. The maximum Gasteiger partial charge on any atom is 0.0681 e. The van der Waals surface area contributed by atoms with Crippen molar-refractivity contribution < 1.29 is 5.11 Å². The molecule has 1 N–H and O–H groups in total. The number of aliphatic hydroxyl groups excluding tert-OH is 1. The molecule has 2 nitrogen and oxygen atoms in total. The van der Waals surface area contributed by atoms with E-state index in [9.17, 15) is 0 Å². The Balaban J connectivity index is 2.19. The molecule has 1 saturated heterocycles. The average molecular weight is 215 g/mol. The average Bonchev–Trinajstić information content (AvgIpc) is 2.78. The van der Waals surface area contributed by atoms with Crippen LogP contribution >= 0.6 is 0 Å². The van der Waals surface area contributed by atoms with Gasteiger partial charge in [-0.2, -0.15) is 0 Å². The summed E-state index contributed by atoms with van der Waals surface area (Å²) in [6.07, 6.45) is 4.42. The third kappa shape index (κ3) is 2.19. The van der Waals surface area contributed by atoms with Gasteiger partial charge in [0.1, 0.15) is 0 Å². The van der Waals surface area contributed by atoms with E-state index in [4.69, 9.17) is 5.11 Å². The number of benzene rings is 1. The predicted octanol–water partition coefficient (Wildman–Crippen LogP) is 2.49. The second kappa shape index (κ2) is 5.02. The summed E-state index contributed by atoms with van der Waals surface area (Å²) in [5.41, 5.74) is 5.05. The second-order valence-electron chi connectivity index (χ2n) is 4.10. The van der Waals surface area contributed by atoms with Gasteiger partial charge in [0.15, 0.2) is 0 Å². The molecule has 0 aromatic heterocycles. The Hall–Kier alpha value is -1.50. The first-order valence-corrected chi connectivity index (χ1v) is 5.67. The Labute approximate surface area is 96.5 Å². The standard InChI is InChI=1S/C14H17NO/c1-2-4-13-5-3-10-15(13)14-8-6-12(11-16)7-9-14/h4,6-9,13,16H,1,3,5,10-11H2. The summed E-state index contributed by atoms with van der Waals surface area (Å²) in [5, 5.41) is 8.99. The highest BCUT2D eigenvalue weighted by Gasteiger charge is 2.22. The van der Waals surface area contributed by atoms with E-state index in [-0.39, 0.29) is 6.61 Å². The Morgan fingerprint density at radius 1 is 1.44 bits per heavy atom. The molecule has 0 saturated carbocycles. The molecule has 1 aromatic rings. The van der Waals surface area contributed by atoms with Crippen LogP contribution in [0.4, 0.5) is 5.69 Å². The quantitative estimate of drug-likeness (QED) is 0.783. The normalized spacial score (nSPS) is 19.6. The summed E-state index contributed by atoms with van der Waals surface area (Å²) < 4.78 is 0. The molecule has 2 heteroatoms. The van der Waals surface area contributed by atoms with Crippen LogP contribution < -0.4 is 4.90 Å². The smallest absolute Gasteiger partial charge is 0.0681 e. The van der Waals surface area contributed by atoms with Crippen molar-refractivity contribution in [2.75, 3.05) is 11.4 Å². The van der Waals surface area contributed by atoms with Crippen LogP contribution in [0.2, 0.25) is 0 Å². The van der Waals surface area contributed by atoms with Crippen molar-refractivity contribution in [2.24, 2.45) is 0 Å². The first-order chi connectivity index (χ1) is 7.85. The van der Waals surface area contributed by atoms with Gasteiger partial charge in [-0.05, 0) is 36.6 Å². The van der Waals surface area contributed by atoms with Gasteiger partial charge in [-0.15, -0.1) is 5.73 Å². The summed E-state index contributed by atoms with van der Waals surface area (Å²) in [7, 11) is 0. The summed E-state index contributed by atoms with van der Waals surface area (Å²) in [5.74, 6) is 0. The lowest BCUT2D eigenvalue weighted by Gasteiger charge is -2.24. The monoisotopic (exact) mass is 215 g/mol. The highest BCUT2D eigenvalue weighted by Crippen LogP contribution is 2.26. The zero-order chi connectivity index (χ0) is 11.4. The molecule has 1 aliphatic rings. The fourth-order valence-electron chi connectivity index (χ4n) is 2.22. The van der Waals surface area contributed by atoms with Crippen LogP contribution in [0.15, 0.2) is 42.7 Å². The van der Waals surface area contributed by atoms with Crippen molar-refractivity contribution in [3.63, 3.8) is 0 Å². The second-order valence-corrected chi connectivity index (χ2v) is 4.10. The van der Waals surface area contributed by atoms with E-state index in [1.165, 1.54) is 18.5 Å². The van der Waals surface area contributed by atoms with Crippen molar-refractivity contribution in [3.05, 3.63) is 48.2 Å². The van der Waals surface area contributed by atoms with E-state index in [2.05, 4.69) is 29.3 Å². The first-order valence-electron chi connectivity index (χ1n) is 5.67. The van der Waals surface area contributed by atoms with Crippen molar-refractivity contribution in [2.45, 2.75) is 25.5 Å². The third-order valence-corrected chi connectivity index (χ3v) is 3.06. The predicted molar refractivity (Wildman–Crippen MR) is 66.4 cm³/mol. The van der Waals surface area contributed by atoms with Crippen molar-refractivity contribution in [3.8, 4) is 0 Å². The van der Waals surface area contributed by atoms with Gasteiger partial charge in [0.2, 0.25) is 0 Å². The molecule has 0 bridgehead atoms. The Morgan fingerprint density at radius 2 is 2.19 bits per heavy atom. The largest absolute Gasteiger partial charge is 0.392 e. The summed E-state index contributed by atoms with van der Waals surface area (Å²) in [6.45, 7) is 4.83. The Bertz CT molecular complexity index is 390. The fourth-order valence-corrected chi connectivity index (χ4v) is 2.22. The lowest BCUT2D eigenvalue weighted by atomic mass is 10.1. The first kappa shape index (κ1) is 11.0. The Morgan fingerprint density at radius 3 is 2.81 bits per heavy atom. The van der Waals surface area contributed by atoms with Crippen molar-refractivity contribution >= 4 is 5.69 Å². The number of nitrogens with zero attached hydrogens (tertiary/aromatic N) is 1. The molecule has 1 heterocycles. The number of hydrogen-bond acceptors (Lipinski definition) is 2. The van der Waals surface area contributed by atoms with E-state index >= 15 is 0 Å². The topological polar surface area (TPSA) is 23.5 Å². The minimum absolute atomic E-state index is 0.107. The van der Waals surface area contributed by atoms with Gasteiger partial charge in [-0.25, -0.2) is 0 Å². The molecular formula is C14H17NO. The molecular weight excluding hydrogens is 198 g/mol. The molecule has 2 rings (SSSR count). The summed E-state index contributed by atoms with van der Waals surface area (Å²) >= 11 is 0. The van der Waals surface area contributed by atoms with Gasteiger partial charge in [0.25, 0.3) is 0 Å². The molecule has 1 aliphatic heterocycles. The van der Waals surface area contributed by atoms with Crippen LogP contribution in [0.25, 0.3) is 0 Å². The van der Waals surface area contributed by atoms with Gasteiger partial charge in [-0.1, -0.05) is 18.7 Å². The highest BCUT2D eigenvalue weighted by molar-refractivity contribution is 5.50. The van der Waals surface area contributed by atoms with Gasteiger partial charge in [0.05, 0.1) is 12.6 Å². The zero-order valence-corrected chi connectivity index (χ0v) is 9.39. The van der Waals surface area contributed by atoms with Crippen LogP contribution in [-0.2, 0) is 6.61 Å². The Kier molecular flexibility index (Phi) is 3.45. The number of anilines is 1. The maximum atomic E-state index is 8.99. The third-order valence-electron chi connectivity index (χ3n) is 3.06. The number of hydrogen-bond donors (Lipinski definition) is 1. The van der Waals surface area contributed by atoms with E-state index < -0.39 is 0 Å². The zero-order valence-electron chi connectivity index (χ0n) is 9.39. The van der Waals surface area contributed by atoms with Crippen LogP contribution in [0.3, 0.4) is 0 Å². The molecule has 1 unspecified atom stereocenters. The van der Waals surface area contributed by atoms with E-state index in [0.717, 1.165) is 12.1 Å². The molecule has 1 aromatic carbocycles. The molecule has 0 spiro atoms. The molecule has 0 amide bonds. The van der Waals surface area contributed by atoms with Crippen molar-refractivity contribution in [1.82, 2.24) is 0 Å². The minimum atomic E-state index is 0.107. The molecule has 1 fully saturated rings. The van der Waals surface area contributed by atoms with Gasteiger partial charge in [0, 0.05) is 12.2 Å². The summed E-state index contributed by atoms with van der Waals surface area (Å²) in [6, 6.07) is 8.52. The van der Waals surface area contributed by atoms with Crippen LogP contribution in [0, 0.1) is 0 Å². The number of aliphatic hydroxyl groups is 1. The molecule has 1 atom stereocenters. The summed E-state index contributed by atoms with van der Waals surface area (Å²) in [4.78, 5) is 2.36. The molecule has 0 radical (unpaired) electrons. The van der Waals surface area contributed by atoms with Gasteiger partial charge < -0.3 is 10.0 Å². The van der Waals surface area contributed by atoms with Gasteiger partial charge in [-0.3, -0.25) is 0 Å². The fraction of sp³-hybridized carbons (Fsp3) is 0.357. The van der Waals surface area contributed by atoms with Crippen LogP contribution in [0.1, 0.15) is 18.4 Å². The van der Waals surface area contributed by atoms with Crippen LogP contribution in [-0.4, -0.2) is 17.7 Å². The molecule has 0 aliphatic carbocycles. The maximum absolute atomic E-state index is 8.99. The van der Waals surface area contributed by atoms with Gasteiger partial charge >= 0.3 is 0 Å². The van der Waals surface area contributed by atoms with E-state index in [1.54, 1.807) is 0 Å².